The number of nitrogens with zero attached hydrogens (tertiary/aromatic N) is 5. The van der Waals surface area contributed by atoms with Crippen molar-refractivity contribution < 1.29 is 13.9 Å². The maximum atomic E-state index is 11.2. The summed E-state index contributed by atoms with van der Waals surface area (Å²) in [5.41, 5.74) is 6.89. The van der Waals surface area contributed by atoms with Gasteiger partial charge in [0.15, 0.2) is 16.9 Å². The molecule has 0 saturated heterocycles. The van der Waals surface area contributed by atoms with Crippen LogP contribution < -0.4 is 14.9 Å². The molecule has 1 aliphatic rings. The first kappa shape index (κ1) is 52.0. The maximum Gasteiger partial charge on any atom is 0.231 e. The van der Waals surface area contributed by atoms with Crippen LogP contribution in [0, 0.1) is 0 Å². The lowest BCUT2D eigenvalue weighted by Crippen LogP contribution is -1.98. The van der Waals surface area contributed by atoms with Crippen LogP contribution in [0.5, 0.6) is 11.5 Å². The number of thiazole rings is 1. The summed E-state index contributed by atoms with van der Waals surface area (Å²) in [5.74, 6) is 1.69. The molecule has 15 aromatic rings. The molecule has 0 fully saturated rings. The van der Waals surface area contributed by atoms with E-state index in [2.05, 4.69) is 95.9 Å². The molecule has 0 saturated carbocycles. The van der Waals surface area contributed by atoms with Crippen LogP contribution in [0.4, 0.5) is 0 Å². The van der Waals surface area contributed by atoms with Crippen LogP contribution in [0.1, 0.15) is 0 Å². The van der Waals surface area contributed by atoms with Gasteiger partial charge in [0.05, 0.1) is 39.2 Å². The van der Waals surface area contributed by atoms with Crippen molar-refractivity contribution in [2.45, 2.75) is 0 Å². The maximum absolute atomic E-state index is 11.2. The third-order valence-corrected chi connectivity index (χ3v) is 13.1. The van der Waals surface area contributed by atoms with Crippen LogP contribution >= 0.6 is 22.7 Å². The van der Waals surface area contributed by atoms with E-state index in [-0.39, 0.29) is 5.43 Å². The Labute approximate surface area is 452 Å². The molecule has 0 unspecified atom stereocenters. The summed E-state index contributed by atoms with van der Waals surface area (Å²) in [4.78, 5) is 34.6. The highest BCUT2D eigenvalue weighted by Gasteiger charge is 2.09. The van der Waals surface area contributed by atoms with Gasteiger partial charge in [-0.05, 0) is 113 Å². The first-order valence-electron chi connectivity index (χ1n) is 24.4. The van der Waals surface area contributed by atoms with E-state index in [1.807, 2.05) is 182 Å². The minimum atomic E-state index is 0.0688. The molecule has 7 aromatic carbocycles. The molecule has 0 amide bonds. The number of benzene rings is 7. The quantitative estimate of drug-likeness (QED) is 0.158. The van der Waals surface area contributed by atoms with Crippen molar-refractivity contribution in [3.8, 4) is 11.5 Å². The molecule has 1 N–H and O–H groups in total. The molecule has 0 bridgehead atoms. The molecule has 16 rings (SSSR count). The largest absolute Gasteiger partial charge is 0.464 e. The average Bonchev–Trinajstić information content (AvgIpc) is 4.38. The second-order valence-electron chi connectivity index (χ2n) is 16.5. The third kappa shape index (κ3) is 15.3. The van der Waals surface area contributed by atoms with E-state index in [4.69, 9.17) is 13.9 Å². The summed E-state index contributed by atoms with van der Waals surface area (Å²) in [5, 5.41) is 10.2. The molecule has 8 aromatic heterocycles. The zero-order chi connectivity index (χ0) is 52.5. The van der Waals surface area contributed by atoms with E-state index >= 15 is 0 Å². The Morgan fingerprint density at radius 3 is 1.71 bits per heavy atom. The van der Waals surface area contributed by atoms with Crippen molar-refractivity contribution in [2.75, 3.05) is 6.79 Å². The molecule has 12 heteroatoms. The fourth-order valence-corrected chi connectivity index (χ4v) is 9.01. The monoisotopic (exact) mass is 1040 g/mol. The number of hydrogen-bond donors (Lipinski definition) is 1. The molecule has 1 aliphatic heterocycles. The molecule has 0 spiro atoms. The van der Waals surface area contributed by atoms with Crippen molar-refractivity contribution >= 4 is 97.4 Å². The first-order chi connectivity index (χ1) is 38.1. The van der Waals surface area contributed by atoms with Gasteiger partial charge in [-0.25, -0.2) is 4.98 Å². The molecule has 0 atom stereocenters. The van der Waals surface area contributed by atoms with Gasteiger partial charge in [0, 0.05) is 75.0 Å². The number of aromatic nitrogens is 6. The third-order valence-electron chi connectivity index (χ3n) is 11.4. The van der Waals surface area contributed by atoms with E-state index < -0.39 is 0 Å². The van der Waals surface area contributed by atoms with E-state index in [0.717, 1.165) is 55.3 Å². The van der Waals surface area contributed by atoms with Crippen molar-refractivity contribution in [1.82, 2.24) is 29.9 Å². The van der Waals surface area contributed by atoms with Crippen LogP contribution in [-0.2, 0) is 0 Å². The summed E-state index contributed by atoms with van der Waals surface area (Å²) < 4.78 is 17.9. The number of aromatic amines is 1. The molecule has 376 valence electrons. The number of nitrogens with one attached hydrogen (secondary N) is 1. The Kier molecular flexibility index (Phi) is 18.9. The van der Waals surface area contributed by atoms with Crippen LogP contribution in [0.3, 0.4) is 0 Å². The molecule has 0 aliphatic carbocycles. The van der Waals surface area contributed by atoms with Gasteiger partial charge in [-0.3, -0.25) is 24.7 Å². The lowest BCUT2D eigenvalue weighted by atomic mass is 10.2. The average molecular weight is 1040 g/mol. The number of rotatable bonds is 0. The van der Waals surface area contributed by atoms with Crippen LogP contribution in [0.25, 0.3) is 74.8 Å². The van der Waals surface area contributed by atoms with Gasteiger partial charge in [0.2, 0.25) is 6.79 Å². The lowest BCUT2D eigenvalue weighted by molar-refractivity contribution is 0.174. The summed E-state index contributed by atoms with van der Waals surface area (Å²) in [6.07, 6.45) is 14.1. The number of thiophene rings is 1. The van der Waals surface area contributed by atoms with Crippen LogP contribution in [0.15, 0.2) is 294 Å². The zero-order valence-corrected chi connectivity index (χ0v) is 43.2. The molecular formula is C65H50N6O4S2. The number of hydrogen-bond acceptors (Lipinski definition) is 11. The van der Waals surface area contributed by atoms with Gasteiger partial charge >= 0.3 is 0 Å². The van der Waals surface area contributed by atoms with Crippen LogP contribution in [0.2, 0.25) is 0 Å². The number of furan rings is 1. The van der Waals surface area contributed by atoms with Crippen molar-refractivity contribution in [1.29, 1.82) is 0 Å². The minimum Gasteiger partial charge on any atom is -0.464 e. The molecule has 77 heavy (non-hydrogen) atoms. The number of H-pyrrole nitrogens is 1. The Morgan fingerprint density at radius 1 is 0.416 bits per heavy atom. The summed E-state index contributed by atoms with van der Waals surface area (Å²) in [6, 6.07) is 73.3. The summed E-state index contributed by atoms with van der Waals surface area (Å²) in [7, 11) is 0. The molecule has 0 radical (unpaired) electrons. The minimum absolute atomic E-state index is 0.0688. The SMILES string of the molecule is O=c1cc[nH]c2ccccc12.c1ccc2c(c1)OCO2.c1ccc2cnccc2c1.c1ccc2ncccc2c1.c1ccc2occc2c1.c1ccc2sccc2c1.c1ccc2scnc2c1.c1cnc2cnccc2c1. The number of para-hydroxylation sites is 6. The van der Waals surface area contributed by atoms with Gasteiger partial charge in [-0.15, -0.1) is 22.7 Å². The second-order valence-corrected chi connectivity index (χ2v) is 18.3. The van der Waals surface area contributed by atoms with Crippen LogP contribution in [-0.4, -0.2) is 36.7 Å². The van der Waals surface area contributed by atoms with Gasteiger partial charge in [0.1, 0.15) is 5.58 Å². The van der Waals surface area contributed by atoms with Gasteiger partial charge in [0.25, 0.3) is 0 Å². The highest BCUT2D eigenvalue weighted by atomic mass is 32.1. The lowest BCUT2D eigenvalue weighted by Gasteiger charge is -1.92. The van der Waals surface area contributed by atoms with Crippen molar-refractivity contribution in [2.24, 2.45) is 0 Å². The highest BCUT2D eigenvalue weighted by molar-refractivity contribution is 7.17. The molecule has 9 heterocycles. The van der Waals surface area contributed by atoms with E-state index in [9.17, 15) is 4.79 Å². The topological polar surface area (TPSA) is 129 Å². The number of ether oxygens (including phenoxy) is 2. The van der Waals surface area contributed by atoms with E-state index in [0.29, 0.717) is 6.79 Å². The Bertz CT molecular complexity index is 3610. The first-order valence-corrected chi connectivity index (χ1v) is 26.2. The van der Waals surface area contributed by atoms with Gasteiger partial charge in [-0.1, -0.05) is 127 Å². The van der Waals surface area contributed by atoms with E-state index in [1.54, 1.807) is 53.7 Å². The van der Waals surface area contributed by atoms with Crippen molar-refractivity contribution in [3.05, 3.63) is 295 Å². The second kappa shape index (κ2) is 28.0. The smallest absolute Gasteiger partial charge is 0.231 e. The molecule has 10 nitrogen and oxygen atoms in total. The number of fused-ring (bicyclic) bond motifs is 8. The zero-order valence-electron chi connectivity index (χ0n) is 41.5. The highest BCUT2D eigenvalue weighted by Crippen LogP contribution is 2.30. The number of pyridine rings is 5. The Hall–Kier alpha value is -9.88. The molecular weight excluding hydrogens is 993 g/mol. The normalized spacial score (nSPS) is 10.5. The summed E-state index contributed by atoms with van der Waals surface area (Å²) in [6.45, 7) is 0.360. The predicted molar refractivity (Wildman–Crippen MR) is 318 cm³/mol. The fraction of sp³-hybridized carbons (Fsp3) is 0.0154. The standard InChI is InChI=1S/C9H7NO.2C9H7N.C8H6N2.C8H6O.C8H6S.C7H5NS.C7H6O2/c11-9-5-6-10-8-4-2-1-3-7(8)9;1-2-6-9-8(4-1)5-3-7-10-9;1-2-4-9-7-10-6-5-8(9)3-1;1-2-7-3-5-9-6-8(7)10-4-1;2*1-2-4-8-7(3-1)5-6-9-8;2*1-2-4-7-6(3-1)8-5-9-7/h1-6H,(H,10,11);2*1-7H;1-6H;2*1-6H;1-5H;1-4H,5H2. The Morgan fingerprint density at radius 2 is 1.00 bits per heavy atom. The van der Waals surface area contributed by atoms with Gasteiger partial charge < -0.3 is 18.9 Å². The predicted octanol–water partition coefficient (Wildman–Crippen LogP) is 16.7. The van der Waals surface area contributed by atoms with Gasteiger partial charge in [-0.2, -0.15) is 0 Å². The Balaban J connectivity index is 0.000000107. The summed E-state index contributed by atoms with van der Waals surface area (Å²) >= 11 is 3.46. The fourth-order valence-electron chi connectivity index (χ4n) is 7.54. The van der Waals surface area contributed by atoms with Crippen molar-refractivity contribution in [3.63, 3.8) is 0 Å². The van der Waals surface area contributed by atoms with E-state index in [1.165, 1.54) is 37.0 Å².